The highest BCUT2D eigenvalue weighted by Gasteiger charge is 2.39. The number of aromatic amines is 1. The average Bonchev–Trinajstić information content (AvgIpc) is 3.34. The molecule has 4 aromatic rings. The van der Waals surface area contributed by atoms with E-state index in [0.29, 0.717) is 38.1 Å². The summed E-state index contributed by atoms with van der Waals surface area (Å²) in [6, 6.07) is 1.67. The lowest BCUT2D eigenvalue weighted by atomic mass is 9.99. The molecule has 1 aromatic carbocycles. The molecule has 2 N–H and O–H groups in total. The number of hydrogen-bond donors (Lipinski definition) is 2. The highest BCUT2D eigenvalue weighted by molar-refractivity contribution is 5.82. The normalized spacial score (nSPS) is 17.7. The smallest absolute Gasteiger partial charge is 0.380 e. The molecular formula is C25H20F7N7O2. The summed E-state index contributed by atoms with van der Waals surface area (Å²) in [4.78, 5) is 36.2. The van der Waals surface area contributed by atoms with Crippen molar-refractivity contribution in [1.82, 2.24) is 29.7 Å². The fraction of sp³-hybridized carbons (Fsp3) is 0.360. The van der Waals surface area contributed by atoms with Crippen LogP contribution in [0.3, 0.4) is 0 Å². The Bertz CT molecular complexity index is 1700. The number of benzene rings is 1. The lowest BCUT2D eigenvalue weighted by Gasteiger charge is -2.23. The molecule has 1 aliphatic carbocycles. The predicted molar refractivity (Wildman–Crippen MR) is 131 cm³/mol. The number of nitrogens with zero attached hydrogens (tertiary/aromatic N) is 5. The molecule has 1 aliphatic rings. The van der Waals surface area contributed by atoms with Gasteiger partial charge in [0.25, 0.3) is 11.1 Å². The summed E-state index contributed by atoms with van der Waals surface area (Å²) >= 11 is 0. The maximum Gasteiger partial charge on any atom is 0.423 e. The second kappa shape index (κ2) is 10.6. The monoisotopic (exact) mass is 583 g/mol. The van der Waals surface area contributed by atoms with Crippen LogP contribution < -0.4 is 16.4 Å². The highest BCUT2D eigenvalue weighted by Crippen LogP contribution is 2.36. The zero-order valence-corrected chi connectivity index (χ0v) is 20.9. The molecule has 1 saturated carbocycles. The van der Waals surface area contributed by atoms with Crippen LogP contribution in [0, 0.1) is 11.7 Å². The first kappa shape index (κ1) is 28.2. The average molecular weight is 583 g/mol. The minimum Gasteiger partial charge on any atom is -0.380 e. The Labute approximate surface area is 225 Å². The molecule has 2 atom stereocenters. The third-order valence-corrected chi connectivity index (χ3v) is 7.01. The lowest BCUT2D eigenvalue weighted by molar-refractivity contribution is -0.139. The lowest BCUT2D eigenvalue weighted by Crippen LogP contribution is -2.31. The molecule has 5 rings (SSSR count). The third-order valence-electron chi connectivity index (χ3n) is 7.01. The van der Waals surface area contributed by atoms with E-state index in [1.54, 1.807) is 5.10 Å². The van der Waals surface area contributed by atoms with Gasteiger partial charge in [0.2, 0.25) is 0 Å². The van der Waals surface area contributed by atoms with Crippen molar-refractivity contribution in [3.8, 4) is 11.4 Å². The molecule has 0 radical (unpaired) electrons. The van der Waals surface area contributed by atoms with Crippen LogP contribution in [0.2, 0.25) is 0 Å². The summed E-state index contributed by atoms with van der Waals surface area (Å²) in [5, 5.41) is 7.98. The van der Waals surface area contributed by atoms with Crippen molar-refractivity contribution in [2.75, 3.05) is 5.32 Å². The Morgan fingerprint density at radius 2 is 1.71 bits per heavy atom. The van der Waals surface area contributed by atoms with Crippen LogP contribution in [0.5, 0.6) is 0 Å². The van der Waals surface area contributed by atoms with E-state index >= 15 is 0 Å². The van der Waals surface area contributed by atoms with Crippen molar-refractivity contribution < 1.29 is 30.7 Å². The largest absolute Gasteiger partial charge is 0.423 e. The number of nitrogens with one attached hydrogen (secondary N) is 2. The van der Waals surface area contributed by atoms with Gasteiger partial charge in [0, 0.05) is 25.0 Å². The van der Waals surface area contributed by atoms with Gasteiger partial charge in [-0.25, -0.2) is 24.4 Å². The van der Waals surface area contributed by atoms with Gasteiger partial charge in [0.15, 0.2) is 5.82 Å². The van der Waals surface area contributed by atoms with E-state index in [1.807, 2.05) is 0 Å². The molecule has 0 saturated heterocycles. The second-order valence-corrected chi connectivity index (χ2v) is 9.60. The van der Waals surface area contributed by atoms with Gasteiger partial charge in [-0.3, -0.25) is 14.2 Å². The first-order chi connectivity index (χ1) is 19.3. The van der Waals surface area contributed by atoms with E-state index < -0.39 is 52.1 Å². The molecule has 9 nitrogen and oxygen atoms in total. The number of halogens is 7. The number of alkyl halides is 6. The van der Waals surface area contributed by atoms with Crippen LogP contribution in [0.15, 0.2) is 46.6 Å². The molecule has 3 aromatic heterocycles. The maximum absolute atomic E-state index is 14.9. The van der Waals surface area contributed by atoms with E-state index in [4.69, 9.17) is 0 Å². The van der Waals surface area contributed by atoms with Gasteiger partial charge in [0.05, 0.1) is 40.2 Å². The van der Waals surface area contributed by atoms with Gasteiger partial charge in [-0.2, -0.15) is 31.4 Å². The van der Waals surface area contributed by atoms with Gasteiger partial charge in [-0.1, -0.05) is 6.42 Å². The van der Waals surface area contributed by atoms with E-state index in [9.17, 15) is 40.3 Å². The van der Waals surface area contributed by atoms with Crippen LogP contribution in [-0.2, 0) is 18.9 Å². The van der Waals surface area contributed by atoms with Crippen LogP contribution in [0.25, 0.3) is 22.3 Å². The SMILES string of the molecule is O=c1[nH]ncc(N[C@H]2CCC[C@@H]2CCn2cnc3cc(-c4ncc(C(F)(F)F)cn4)c(F)cc3c2=O)c1C(F)(F)F. The van der Waals surface area contributed by atoms with E-state index in [1.165, 1.54) is 17.0 Å². The van der Waals surface area contributed by atoms with Gasteiger partial charge in [0.1, 0.15) is 11.4 Å². The highest BCUT2D eigenvalue weighted by atomic mass is 19.4. The molecule has 0 bridgehead atoms. The van der Waals surface area contributed by atoms with Gasteiger partial charge < -0.3 is 5.32 Å². The quantitative estimate of drug-likeness (QED) is 0.314. The van der Waals surface area contributed by atoms with Gasteiger partial charge in [-0.15, -0.1) is 0 Å². The minimum absolute atomic E-state index is 0.0769. The van der Waals surface area contributed by atoms with E-state index in [2.05, 4.69) is 25.4 Å². The topological polar surface area (TPSA) is 118 Å². The van der Waals surface area contributed by atoms with Crippen molar-refractivity contribution in [3.63, 3.8) is 0 Å². The van der Waals surface area contributed by atoms with Crippen molar-refractivity contribution in [1.29, 1.82) is 0 Å². The Balaban J connectivity index is 1.34. The number of aryl methyl sites for hydroxylation is 1. The predicted octanol–water partition coefficient (Wildman–Crippen LogP) is 4.78. The fourth-order valence-corrected chi connectivity index (χ4v) is 4.99. The number of aromatic nitrogens is 6. The molecule has 0 aliphatic heterocycles. The zero-order chi connectivity index (χ0) is 29.5. The van der Waals surface area contributed by atoms with Crippen molar-refractivity contribution in [2.24, 2.45) is 5.92 Å². The van der Waals surface area contributed by atoms with E-state index in [0.717, 1.165) is 12.3 Å². The Morgan fingerprint density at radius 3 is 2.39 bits per heavy atom. The van der Waals surface area contributed by atoms with E-state index in [-0.39, 0.29) is 34.8 Å². The summed E-state index contributed by atoms with van der Waals surface area (Å²) < 4.78 is 94.8. The summed E-state index contributed by atoms with van der Waals surface area (Å²) in [5.41, 5.74) is -4.97. The second-order valence-electron chi connectivity index (χ2n) is 9.60. The first-order valence-electron chi connectivity index (χ1n) is 12.3. The first-order valence-corrected chi connectivity index (χ1v) is 12.3. The molecule has 0 spiro atoms. The number of rotatable bonds is 6. The van der Waals surface area contributed by atoms with Gasteiger partial charge >= 0.3 is 12.4 Å². The molecule has 0 amide bonds. The summed E-state index contributed by atoms with van der Waals surface area (Å²) in [6.07, 6.45) is -4.05. The number of fused-ring (bicyclic) bond motifs is 1. The van der Waals surface area contributed by atoms with Crippen LogP contribution in [-0.4, -0.2) is 35.8 Å². The van der Waals surface area contributed by atoms with Gasteiger partial charge in [-0.05, 0) is 37.3 Å². The molecule has 3 heterocycles. The summed E-state index contributed by atoms with van der Waals surface area (Å²) in [5.74, 6) is -1.39. The minimum atomic E-state index is -4.88. The molecule has 1 fully saturated rings. The Morgan fingerprint density at radius 1 is 0.976 bits per heavy atom. The third kappa shape index (κ3) is 5.76. The van der Waals surface area contributed by atoms with Crippen molar-refractivity contribution in [3.05, 3.63) is 74.7 Å². The fourth-order valence-electron chi connectivity index (χ4n) is 4.99. The summed E-state index contributed by atoms with van der Waals surface area (Å²) in [7, 11) is 0. The molecule has 0 unspecified atom stereocenters. The number of H-pyrrole nitrogens is 1. The molecule has 41 heavy (non-hydrogen) atoms. The Kier molecular flexibility index (Phi) is 7.25. The van der Waals surface area contributed by atoms with Crippen molar-refractivity contribution >= 4 is 16.6 Å². The van der Waals surface area contributed by atoms with Crippen LogP contribution >= 0.6 is 0 Å². The zero-order valence-electron chi connectivity index (χ0n) is 20.9. The van der Waals surface area contributed by atoms with Crippen LogP contribution in [0.1, 0.15) is 36.8 Å². The number of hydrogen-bond acceptors (Lipinski definition) is 7. The van der Waals surface area contributed by atoms with Crippen molar-refractivity contribution in [2.45, 2.75) is 50.6 Å². The standard InChI is InChI=1S/C25H20F7N7O2/c26-16-6-15-18(7-14(16)21-33-8-13(9-34-21)24(27,28)29)35-11-39(23(15)41)5-4-12-2-1-3-17(12)37-19-10-36-38-22(40)20(19)25(30,31)32/h6-12,17H,1-5H2,(H2,37,38,40)/t12-,17+/m1/s1. The Hall–Kier alpha value is -4.37. The van der Waals surface area contributed by atoms with Crippen LogP contribution in [0.4, 0.5) is 36.4 Å². The summed E-state index contributed by atoms with van der Waals surface area (Å²) in [6.45, 7) is 0.135. The molecule has 216 valence electrons. The molecule has 16 heteroatoms. The molecular weight excluding hydrogens is 563 g/mol. The maximum atomic E-state index is 14.9. The number of anilines is 1.